The summed E-state index contributed by atoms with van der Waals surface area (Å²) in [6, 6.07) is 0. The minimum atomic E-state index is -0.739. The van der Waals surface area contributed by atoms with Crippen molar-refractivity contribution in [3.8, 4) is 0 Å². The second-order valence-corrected chi connectivity index (χ2v) is 7.57. The lowest BCUT2D eigenvalue weighted by Crippen LogP contribution is -2.55. The van der Waals surface area contributed by atoms with Gasteiger partial charge in [0.1, 0.15) is 0 Å². The zero-order valence-electron chi connectivity index (χ0n) is 14.2. The lowest BCUT2D eigenvalue weighted by molar-refractivity contribution is -0.127. The van der Waals surface area contributed by atoms with Crippen LogP contribution >= 0.6 is 11.8 Å². The third-order valence-electron chi connectivity index (χ3n) is 4.71. The van der Waals surface area contributed by atoms with E-state index in [-0.39, 0.29) is 30.0 Å². The topological polar surface area (TPSA) is 112 Å². The number of nitrogens with zero attached hydrogens (tertiary/aromatic N) is 1. The molecule has 0 bridgehead atoms. The second kappa shape index (κ2) is 8.35. The van der Waals surface area contributed by atoms with Crippen molar-refractivity contribution in [2.75, 3.05) is 32.0 Å². The summed E-state index contributed by atoms with van der Waals surface area (Å²) in [6.07, 6.45) is 0.924. The van der Waals surface area contributed by atoms with Crippen LogP contribution in [0.4, 0.5) is 4.79 Å². The van der Waals surface area contributed by atoms with Crippen molar-refractivity contribution >= 4 is 29.7 Å². The Labute approximate surface area is 150 Å². The van der Waals surface area contributed by atoms with Crippen molar-refractivity contribution in [2.45, 2.75) is 31.3 Å². The Morgan fingerprint density at radius 1 is 1.28 bits per heavy atom. The van der Waals surface area contributed by atoms with Crippen LogP contribution in [0.3, 0.4) is 0 Å². The molecule has 140 valence electrons. The van der Waals surface area contributed by atoms with E-state index in [1.807, 2.05) is 0 Å². The van der Waals surface area contributed by atoms with Gasteiger partial charge in [0.15, 0.2) is 0 Å². The van der Waals surface area contributed by atoms with Gasteiger partial charge < -0.3 is 10.1 Å². The van der Waals surface area contributed by atoms with Gasteiger partial charge in [0.2, 0.25) is 11.8 Å². The molecule has 3 amide bonds. The van der Waals surface area contributed by atoms with Gasteiger partial charge in [-0.3, -0.25) is 25.6 Å². The fourth-order valence-electron chi connectivity index (χ4n) is 3.46. The molecule has 3 saturated heterocycles. The van der Waals surface area contributed by atoms with Gasteiger partial charge in [-0.25, -0.2) is 9.80 Å². The largest absolute Gasteiger partial charge is 0.450 e. The van der Waals surface area contributed by atoms with Gasteiger partial charge >= 0.3 is 6.09 Å². The van der Waals surface area contributed by atoms with E-state index in [1.54, 1.807) is 6.92 Å². The lowest BCUT2D eigenvalue weighted by Gasteiger charge is -2.32. The Morgan fingerprint density at radius 3 is 2.92 bits per heavy atom. The smallest absolute Gasteiger partial charge is 0.413 e. The first-order valence-electron chi connectivity index (χ1n) is 8.73. The highest BCUT2D eigenvalue weighted by molar-refractivity contribution is 8.00. The summed E-state index contributed by atoms with van der Waals surface area (Å²) in [5, 5.41) is 10.4. The number of nitrogens with one attached hydrogen (secondary N) is 4. The van der Waals surface area contributed by atoms with Crippen LogP contribution in [0.15, 0.2) is 0 Å². The number of carbonyl (C=O) groups is 3. The van der Waals surface area contributed by atoms with Crippen molar-refractivity contribution in [1.82, 2.24) is 26.4 Å². The molecule has 9 nitrogen and oxygen atoms in total. The average molecular weight is 371 g/mol. The van der Waals surface area contributed by atoms with Gasteiger partial charge in [-0.05, 0) is 32.1 Å². The number of rotatable bonds is 4. The monoisotopic (exact) mass is 371 g/mol. The van der Waals surface area contributed by atoms with Crippen molar-refractivity contribution in [3.05, 3.63) is 0 Å². The van der Waals surface area contributed by atoms with Gasteiger partial charge in [-0.2, -0.15) is 0 Å². The molecule has 3 aliphatic rings. The number of thioether (sulfide) groups is 1. The average Bonchev–Trinajstić information content (AvgIpc) is 3.21. The Hall–Kier alpha value is -1.36. The highest BCUT2D eigenvalue weighted by Gasteiger charge is 2.42. The third-order valence-corrected chi connectivity index (χ3v) is 5.99. The van der Waals surface area contributed by atoms with E-state index in [4.69, 9.17) is 4.74 Å². The second-order valence-electron chi connectivity index (χ2n) is 6.32. The molecule has 4 atom stereocenters. The number of alkyl carbamates (subject to hydrolysis) is 1. The summed E-state index contributed by atoms with van der Waals surface area (Å²) >= 11 is 1.54. The molecule has 25 heavy (non-hydrogen) atoms. The van der Waals surface area contributed by atoms with Gasteiger partial charge in [0.25, 0.3) is 0 Å². The lowest BCUT2D eigenvalue weighted by atomic mass is 10.0. The highest BCUT2D eigenvalue weighted by Crippen LogP contribution is 2.31. The first-order valence-corrected chi connectivity index (χ1v) is 9.78. The number of ether oxygens (including phenoxy) is 1. The zero-order valence-corrected chi connectivity index (χ0v) is 15.1. The van der Waals surface area contributed by atoms with Crippen LogP contribution < -0.4 is 21.4 Å². The van der Waals surface area contributed by atoms with Crippen molar-refractivity contribution in [2.24, 2.45) is 11.8 Å². The van der Waals surface area contributed by atoms with Crippen LogP contribution in [-0.2, 0) is 14.3 Å². The quantitative estimate of drug-likeness (QED) is 0.509. The molecule has 0 aromatic rings. The molecule has 0 spiro atoms. The van der Waals surface area contributed by atoms with Gasteiger partial charge in [-0.1, -0.05) is 0 Å². The van der Waals surface area contributed by atoms with Crippen LogP contribution in [-0.4, -0.2) is 66.5 Å². The fourth-order valence-corrected chi connectivity index (χ4v) is 4.79. The minimum absolute atomic E-state index is 0.00744. The van der Waals surface area contributed by atoms with Crippen molar-refractivity contribution < 1.29 is 19.1 Å². The van der Waals surface area contributed by atoms with Crippen LogP contribution in [0, 0.1) is 11.8 Å². The van der Waals surface area contributed by atoms with E-state index < -0.39 is 17.9 Å². The molecule has 4 N–H and O–H groups in total. The van der Waals surface area contributed by atoms with Crippen LogP contribution in [0.1, 0.15) is 19.8 Å². The van der Waals surface area contributed by atoms with Crippen molar-refractivity contribution in [1.29, 1.82) is 0 Å². The van der Waals surface area contributed by atoms with Gasteiger partial charge in [0, 0.05) is 13.1 Å². The predicted molar refractivity (Wildman–Crippen MR) is 92.3 cm³/mol. The van der Waals surface area contributed by atoms with Crippen molar-refractivity contribution in [3.63, 3.8) is 0 Å². The summed E-state index contributed by atoms with van der Waals surface area (Å²) in [4.78, 5) is 36.4. The Morgan fingerprint density at radius 2 is 2.12 bits per heavy atom. The highest BCUT2D eigenvalue weighted by atomic mass is 32.2. The summed E-state index contributed by atoms with van der Waals surface area (Å²) in [7, 11) is 0. The molecule has 0 saturated carbocycles. The van der Waals surface area contributed by atoms with E-state index in [9.17, 15) is 14.4 Å². The van der Waals surface area contributed by atoms with E-state index in [1.165, 1.54) is 11.8 Å². The molecule has 0 radical (unpaired) electrons. The molecule has 3 rings (SSSR count). The number of imide groups is 1. The first kappa shape index (κ1) is 18.4. The zero-order chi connectivity index (χ0) is 17.8. The van der Waals surface area contributed by atoms with E-state index in [2.05, 4.69) is 26.4 Å². The van der Waals surface area contributed by atoms with E-state index in [0.29, 0.717) is 13.0 Å². The number of carbonyl (C=O) groups excluding carboxylic acids is 3. The molecule has 3 aliphatic heterocycles. The molecule has 0 aliphatic carbocycles. The molecule has 0 aromatic heterocycles. The first-order chi connectivity index (χ1) is 12.1. The van der Waals surface area contributed by atoms with E-state index in [0.717, 1.165) is 25.3 Å². The van der Waals surface area contributed by atoms with E-state index >= 15 is 0 Å². The molecule has 3 heterocycles. The minimum Gasteiger partial charge on any atom is -0.450 e. The maximum absolute atomic E-state index is 12.7. The number of hydrazine groups is 1. The maximum atomic E-state index is 12.7. The van der Waals surface area contributed by atoms with Crippen LogP contribution in [0.5, 0.6) is 0 Å². The Kier molecular flexibility index (Phi) is 6.15. The number of hydrogen-bond acceptors (Lipinski definition) is 8. The van der Waals surface area contributed by atoms with Gasteiger partial charge in [0.05, 0.1) is 30.0 Å². The Balaban J connectivity index is 1.55. The third kappa shape index (κ3) is 4.25. The number of amides is 3. The fraction of sp³-hybridized carbons (Fsp3) is 0.800. The molecule has 3 fully saturated rings. The molecule has 0 aromatic carbocycles. The Bertz CT molecular complexity index is 534. The predicted octanol–water partition coefficient (Wildman–Crippen LogP) is -0.790. The molecule has 4 unspecified atom stereocenters. The van der Waals surface area contributed by atoms with Gasteiger partial charge in [-0.15, -0.1) is 11.8 Å². The maximum Gasteiger partial charge on any atom is 0.413 e. The molecular formula is C15H25N5O4S. The van der Waals surface area contributed by atoms with Crippen LogP contribution in [0.25, 0.3) is 0 Å². The number of fused-ring (bicyclic) bond motifs is 1. The summed E-state index contributed by atoms with van der Waals surface area (Å²) in [5.74, 6) is -0.320. The molecule has 10 heteroatoms. The number of hydrogen-bond donors (Lipinski definition) is 4. The SMILES string of the molecule is CCOC(=O)NC(=O)C1CCSC1NC(=O)C1CNN2CCCNC12. The standard InChI is InChI=1S/C15H25N5O4S/c1-2-24-15(23)19-12(21)9-4-7-25-14(9)18-13(22)10-8-17-20-6-3-5-16-11(10)20/h9-11,14,16-17H,2-8H2,1H3,(H,18,22)(H,19,21,23). The molecular weight excluding hydrogens is 346 g/mol. The summed E-state index contributed by atoms with van der Waals surface area (Å²) < 4.78 is 4.74. The summed E-state index contributed by atoms with van der Waals surface area (Å²) in [5.41, 5.74) is 3.25. The summed E-state index contributed by atoms with van der Waals surface area (Å²) in [6.45, 7) is 4.29. The normalized spacial score (nSPS) is 32.0. The van der Waals surface area contributed by atoms with Crippen LogP contribution in [0.2, 0.25) is 0 Å².